The Balaban J connectivity index is 2.25. The van der Waals surface area contributed by atoms with Crippen molar-refractivity contribution in [3.8, 4) is 0 Å². The molecule has 0 aliphatic carbocycles. The summed E-state index contributed by atoms with van der Waals surface area (Å²) >= 11 is 3.38. The number of amides is 1. The summed E-state index contributed by atoms with van der Waals surface area (Å²) in [6, 6.07) is 3.76. The van der Waals surface area contributed by atoms with Crippen LogP contribution >= 0.6 is 15.9 Å². The number of anilines is 1. The molecule has 2 N–H and O–H groups in total. The van der Waals surface area contributed by atoms with E-state index in [1.165, 1.54) is 0 Å². The minimum absolute atomic E-state index is 0.0707. The van der Waals surface area contributed by atoms with E-state index in [9.17, 15) is 4.79 Å². The number of halogens is 1. The Morgan fingerprint density at radius 3 is 3.00 bits per heavy atom. The molecule has 1 amide bonds. The van der Waals surface area contributed by atoms with Gasteiger partial charge in [-0.05, 0) is 34.5 Å². The van der Waals surface area contributed by atoms with E-state index in [1.54, 1.807) is 6.20 Å². The predicted molar refractivity (Wildman–Crippen MR) is 68.3 cm³/mol. The number of carbonyl (C=O) groups excluding carboxylic acids is 1. The number of pyridine rings is 1. The Kier molecular flexibility index (Phi) is 5.85. The van der Waals surface area contributed by atoms with Crippen molar-refractivity contribution >= 4 is 27.7 Å². The summed E-state index contributed by atoms with van der Waals surface area (Å²) in [5, 5.41) is 5.92. The van der Waals surface area contributed by atoms with Gasteiger partial charge in [-0.25, -0.2) is 4.98 Å². The topological polar surface area (TPSA) is 54.0 Å². The van der Waals surface area contributed by atoms with E-state index >= 15 is 0 Å². The molecule has 1 aromatic rings. The molecule has 1 aromatic heterocycles. The third-order valence-electron chi connectivity index (χ3n) is 1.98. The molecule has 0 saturated carbocycles. The third kappa shape index (κ3) is 4.61. The Morgan fingerprint density at radius 2 is 2.31 bits per heavy atom. The van der Waals surface area contributed by atoms with Gasteiger partial charge in [0, 0.05) is 25.7 Å². The van der Waals surface area contributed by atoms with Crippen molar-refractivity contribution < 1.29 is 4.79 Å². The molecule has 1 rings (SSSR count). The maximum Gasteiger partial charge on any atom is 0.221 e. The molecule has 0 bridgehead atoms. The van der Waals surface area contributed by atoms with Gasteiger partial charge in [0.25, 0.3) is 0 Å². The molecule has 5 heteroatoms. The zero-order valence-corrected chi connectivity index (χ0v) is 10.9. The molecule has 0 atom stereocenters. The highest BCUT2D eigenvalue weighted by Crippen LogP contribution is 2.17. The van der Waals surface area contributed by atoms with E-state index in [4.69, 9.17) is 0 Å². The van der Waals surface area contributed by atoms with Gasteiger partial charge in [-0.2, -0.15) is 0 Å². The van der Waals surface area contributed by atoms with Gasteiger partial charge in [0.15, 0.2) is 0 Å². The van der Waals surface area contributed by atoms with Crippen LogP contribution in [0.1, 0.15) is 19.8 Å². The smallest absolute Gasteiger partial charge is 0.221 e. The Hall–Kier alpha value is -1.10. The molecule has 0 aromatic carbocycles. The average Bonchev–Trinajstić information content (AvgIpc) is 2.29. The van der Waals surface area contributed by atoms with Gasteiger partial charge in [-0.15, -0.1) is 0 Å². The number of hydrogen-bond donors (Lipinski definition) is 2. The van der Waals surface area contributed by atoms with E-state index in [-0.39, 0.29) is 5.91 Å². The number of aromatic nitrogens is 1. The Morgan fingerprint density at radius 1 is 1.50 bits per heavy atom. The highest BCUT2D eigenvalue weighted by Gasteiger charge is 2.02. The van der Waals surface area contributed by atoms with Gasteiger partial charge in [-0.1, -0.05) is 6.92 Å². The van der Waals surface area contributed by atoms with E-state index in [0.717, 1.165) is 23.3 Å². The summed E-state index contributed by atoms with van der Waals surface area (Å²) in [6.07, 6.45) is 3.14. The van der Waals surface area contributed by atoms with Crippen LogP contribution in [-0.2, 0) is 4.79 Å². The molecule has 4 nitrogen and oxygen atoms in total. The molecule has 0 aliphatic rings. The molecule has 0 unspecified atom stereocenters. The normalized spacial score (nSPS) is 9.88. The summed E-state index contributed by atoms with van der Waals surface area (Å²) in [5.41, 5.74) is 0. The van der Waals surface area contributed by atoms with Gasteiger partial charge in [0.1, 0.15) is 5.82 Å². The summed E-state index contributed by atoms with van der Waals surface area (Å²) < 4.78 is 0.906. The molecule has 0 saturated heterocycles. The third-order valence-corrected chi connectivity index (χ3v) is 2.62. The molecule has 0 fully saturated rings. The maximum atomic E-state index is 11.3. The van der Waals surface area contributed by atoms with Crippen LogP contribution in [-0.4, -0.2) is 24.0 Å². The molecule has 16 heavy (non-hydrogen) atoms. The minimum atomic E-state index is 0.0707. The van der Waals surface area contributed by atoms with E-state index in [2.05, 4.69) is 31.5 Å². The van der Waals surface area contributed by atoms with Gasteiger partial charge in [0.05, 0.1) is 4.47 Å². The number of nitrogens with zero attached hydrogens (tertiary/aromatic N) is 1. The molecular formula is C11H16BrN3O. The van der Waals surface area contributed by atoms with Gasteiger partial charge < -0.3 is 10.6 Å². The minimum Gasteiger partial charge on any atom is -0.369 e. The van der Waals surface area contributed by atoms with Crippen LogP contribution in [0.15, 0.2) is 22.8 Å². The van der Waals surface area contributed by atoms with Crippen molar-refractivity contribution in [1.82, 2.24) is 10.3 Å². The van der Waals surface area contributed by atoms with E-state index in [1.807, 2.05) is 19.1 Å². The van der Waals surface area contributed by atoms with Crippen molar-refractivity contribution in [3.05, 3.63) is 22.8 Å². The standard InChI is InChI=1S/C11H16BrN3O/c1-2-6-13-10(16)5-8-15-11-9(12)4-3-7-14-11/h3-4,7H,2,5-6,8H2,1H3,(H,13,16)(H,14,15). The average molecular weight is 286 g/mol. The van der Waals surface area contributed by atoms with E-state index < -0.39 is 0 Å². The molecule has 0 spiro atoms. The van der Waals surface area contributed by atoms with E-state index in [0.29, 0.717) is 13.0 Å². The zero-order chi connectivity index (χ0) is 11.8. The lowest BCUT2D eigenvalue weighted by Crippen LogP contribution is -2.26. The van der Waals surface area contributed by atoms with Crippen molar-refractivity contribution in [1.29, 1.82) is 0 Å². The fourth-order valence-corrected chi connectivity index (χ4v) is 1.56. The number of rotatable bonds is 6. The van der Waals surface area contributed by atoms with Crippen molar-refractivity contribution in [2.45, 2.75) is 19.8 Å². The first-order valence-corrected chi connectivity index (χ1v) is 6.14. The Bertz CT molecular complexity index is 344. The van der Waals surface area contributed by atoms with Crippen LogP contribution in [0.25, 0.3) is 0 Å². The molecule has 0 aliphatic heterocycles. The van der Waals surface area contributed by atoms with Crippen molar-refractivity contribution in [2.75, 3.05) is 18.4 Å². The first-order chi connectivity index (χ1) is 7.74. The molecular weight excluding hydrogens is 270 g/mol. The fourth-order valence-electron chi connectivity index (χ4n) is 1.16. The second-order valence-corrected chi connectivity index (χ2v) is 4.21. The first kappa shape index (κ1) is 13.0. The quantitative estimate of drug-likeness (QED) is 0.842. The number of nitrogens with one attached hydrogen (secondary N) is 2. The molecule has 88 valence electrons. The van der Waals surface area contributed by atoms with Crippen molar-refractivity contribution in [2.24, 2.45) is 0 Å². The van der Waals surface area contributed by atoms with Crippen LogP contribution < -0.4 is 10.6 Å². The predicted octanol–water partition coefficient (Wildman–Crippen LogP) is 2.17. The lowest BCUT2D eigenvalue weighted by atomic mass is 10.3. The molecule has 1 heterocycles. The second-order valence-electron chi connectivity index (χ2n) is 3.36. The first-order valence-electron chi connectivity index (χ1n) is 5.35. The second kappa shape index (κ2) is 7.22. The largest absolute Gasteiger partial charge is 0.369 e. The van der Waals surface area contributed by atoms with Gasteiger partial charge in [-0.3, -0.25) is 4.79 Å². The van der Waals surface area contributed by atoms with Gasteiger partial charge in [0.2, 0.25) is 5.91 Å². The van der Waals surface area contributed by atoms with Crippen LogP contribution in [0, 0.1) is 0 Å². The highest BCUT2D eigenvalue weighted by atomic mass is 79.9. The lowest BCUT2D eigenvalue weighted by Gasteiger charge is -2.07. The summed E-state index contributed by atoms with van der Waals surface area (Å²) in [6.45, 7) is 3.36. The van der Waals surface area contributed by atoms with Crippen LogP contribution in [0.2, 0.25) is 0 Å². The SMILES string of the molecule is CCCNC(=O)CCNc1ncccc1Br. The fraction of sp³-hybridized carbons (Fsp3) is 0.455. The maximum absolute atomic E-state index is 11.3. The highest BCUT2D eigenvalue weighted by molar-refractivity contribution is 9.10. The number of carbonyl (C=O) groups is 1. The van der Waals surface area contributed by atoms with Crippen molar-refractivity contribution in [3.63, 3.8) is 0 Å². The zero-order valence-electron chi connectivity index (χ0n) is 9.29. The van der Waals surface area contributed by atoms with Crippen LogP contribution in [0.5, 0.6) is 0 Å². The van der Waals surface area contributed by atoms with Crippen LogP contribution in [0.3, 0.4) is 0 Å². The lowest BCUT2D eigenvalue weighted by molar-refractivity contribution is -0.120. The summed E-state index contributed by atoms with van der Waals surface area (Å²) in [7, 11) is 0. The summed E-state index contributed by atoms with van der Waals surface area (Å²) in [5.74, 6) is 0.840. The Labute approximate surface area is 104 Å². The van der Waals surface area contributed by atoms with Gasteiger partial charge >= 0.3 is 0 Å². The monoisotopic (exact) mass is 285 g/mol. The number of hydrogen-bond acceptors (Lipinski definition) is 3. The van der Waals surface area contributed by atoms with Crippen LogP contribution in [0.4, 0.5) is 5.82 Å². The molecule has 0 radical (unpaired) electrons. The summed E-state index contributed by atoms with van der Waals surface area (Å²) in [4.78, 5) is 15.4.